The van der Waals surface area contributed by atoms with Crippen LogP contribution in [0.2, 0.25) is 5.02 Å². The molecule has 0 radical (unpaired) electrons. The smallest absolute Gasteiger partial charge is 0.286 e. The van der Waals surface area contributed by atoms with Gasteiger partial charge in [-0.25, -0.2) is 0 Å². The lowest BCUT2D eigenvalue weighted by atomic mass is 10.2. The first-order chi connectivity index (χ1) is 13.1. The average molecular weight is 391 g/mol. The van der Waals surface area contributed by atoms with E-state index in [1.165, 1.54) is 7.11 Å². The lowest BCUT2D eigenvalue weighted by Gasteiger charge is -2.17. The number of fused-ring (bicyclic) bond motifs is 1. The van der Waals surface area contributed by atoms with E-state index in [2.05, 4.69) is 24.1 Å². The van der Waals surface area contributed by atoms with Crippen molar-refractivity contribution in [2.45, 2.75) is 20.3 Å². The number of benzene rings is 1. The Balaban J connectivity index is 1.89. The number of carbonyl (C=O) groups is 1. The van der Waals surface area contributed by atoms with Crippen LogP contribution in [0.5, 0.6) is 0 Å². The van der Waals surface area contributed by atoms with Crippen molar-refractivity contribution in [2.75, 3.05) is 33.3 Å². The van der Waals surface area contributed by atoms with Gasteiger partial charge in [-0.15, -0.1) is 0 Å². The molecule has 0 aliphatic heterocycles. The highest BCUT2D eigenvalue weighted by molar-refractivity contribution is 6.31. The molecule has 1 aromatic heterocycles. The summed E-state index contributed by atoms with van der Waals surface area (Å²) >= 11 is 5.98. The van der Waals surface area contributed by atoms with Crippen LogP contribution in [0.1, 0.15) is 26.0 Å². The van der Waals surface area contributed by atoms with Crippen LogP contribution in [0.15, 0.2) is 46.6 Å². The van der Waals surface area contributed by atoms with Crippen LogP contribution in [-0.4, -0.2) is 44.1 Å². The molecule has 27 heavy (non-hydrogen) atoms. The first-order valence-corrected chi connectivity index (χ1v) is 9.57. The van der Waals surface area contributed by atoms with Gasteiger partial charge in [-0.1, -0.05) is 31.5 Å². The summed E-state index contributed by atoms with van der Waals surface area (Å²) in [5.74, 6) is 0.713. The maximum Gasteiger partial charge on any atom is 0.286 e. The summed E-state index contributed by atoms with van der Waals surface area (Å²) in [7, 11) is 1.48. The predicted octanol–water partition coefficient (Wildman–Crippen LogP) is 4.48. The van der Waals surface area contributed by atoms with Crippen molar-refractivity contribution < 1.29 is 13.9 Å². The Morgan fingerprint density at radius 1 is 1.30 bits per heavy atom. The van der Waals surface area contributed by atoms with Gasteiger partial charge in [0.1, 0.15) is 11.3 Å². The van der Waals surface area contributed by atoms with Crippen LogP contribution < -0.4 is 5.32 Å². The number of ether oxygens (including phenoxy) is 1. The van der Waals surface area contributed by atoms with Gasteiger partial charge < -0.3 is 19.4 Å². The Labute approximate surface area is 165 Å². The monoisotopic (exact) mass is 390 g/mol. The fourth-order valence-electron chi connectivity index (χ4n) is 2.72. The molecule has 0 spiro atoms. The van der Waals surface area contributed by atoms with Crippen LogP contribution in [0.3, 0.4) is 0 Å². The highest BCUT2D eigenvalue weighted by Crippen LogP contribution is 2.23. The second kappa shape index (κ2) is 10.8. The van der Waals surface area contributed by atoms with Gasteiger partial charge in [-0.3, -0.25) is 4.79 Å². The van der Waals surface area contributed by atoms with Gasteiger partial charge in [0.2, 0.25) is 0 Å². The van der Waals surface area contributed by atoms with Crippen molar-refractivity contribution in [2.24, 2.45) is 0 Å². The lowest BCUT2D eigenvalue weighted by molar-refractivity contribution is -0.120. The highest BCUT2D eigenvalue weighted by atomic mass is 35.5. The molecule has 2 aromatic rings. The summed E-state index contributed by atoms with van der Waals surface area (Å²) in [5.41, 5.74) is 0.765. The third kappa shape index (κ3) is 6.45. The molecule has 0 saturated carbocycles. The van der Waals surface area contributed by atoms with Crippen LogP contribution in [0, 0.1) is 0 Å². The number of methoxy groups -OCH3 is 1. The van der Waals surface area contributed by atoms with Gasteiger partial charge in [-0.2, -0.15) is 0 Å². The zero-order valence-corrected chi connectivity index (χ0v) is 16.9. The highest BCUT2D eigenvalue weighted by Gasteiger charge is 2.08. The molecule has 2 rings (SSSR count). The van der Waals surface area contributed by atoms with Gasteiger partial charge in [-0.05, 0) is 62.5 Å². The van der Waals surface area contributed by atoms with Crippen molar-refractivity contribution in [1.29, 1.82) is 0 Å². The molecule has 1 aromatic carbocycles. The van der Waals surface area contributed by atoms with Crippen LogP contribution in [0.25, 0.3) is 17.0 Å². The number of nitrogens with zero attached hydrogens (tertiary/aromatic N) is 1. The Bertz CT molecular complexity index is 807. The average Bonchev–Trinajstić information content (AvgIpc) is 3.07. The Morgan fingerprint density at radius 3 is 2.78 bits per heavy atom. The van der Waals surface area contributed by atoms with Crippen molar-refractivity contribution >= 4 is 34.6 Å². The summed E-state index contributed by atoms with van der Waals surface area (Å²) in [5, 5.41) is 4.48. The number of furan rings is 1. The van der Waals surface area contributed by atoms with Crippen molar-refractivity contribution in [3.8, 4) is 0 Å². The van der Waals surface area contributed by atoms with Gasteiger partial charge in [0, 0.05) is 17.0 Å². The maximum atomic E-state index is 12.2. The second-order valence-corrected chi connectivity index (χ2v) is 6.50. The molecule has 6 heteroatoms. The molecule has 0 atom stereocenters. The van der Waals surface area contributed by atoms with Gasteiger partial charge >= 0.3 is 0 Å². The normalized spacial score (nSPS) is 12.3. The van der Waals surface area contributed by atoms with E-state index in [0.717, 1.165) is 37.0 Å². The van der Waals surface area contributed by atoms with E-state index in [1.54, 1.807) is 24.3 Å². The number of nitrogens with one attached hydrogen (secondary N) is 1. The molecule has 0 saturated heterocycles. The van der Waals surface area contributed by atoms with Gasteiger partial charge in [0.25, 0.3) is 5.91 Å². The third-order valence-electron chi connectivity index (χ3n) is 4.28. The van der Waals surface area contributed by atoms with Crippen LogP contribution in [-0.2, 0) is 9.53 Å². The Kier molecular flexibility index (Phi) is 8.43. The predicted molar refractivity (Wildman–Crippen MR) is 111 cm³/mol. The Morgan fingerprint density at radius 2 is 2.07 bits per heavy atom. The molecule has 0 aliphatic carbocycles. The number of rotatable bonds is 10. The summed E-state index contributed by atoms with van der Waals surface area (Å²) in [6.07, 6.45) is 6.04. The molecule has 0 unspecified atom stereocenters. The van der Waals surface area contributed by atoms with Crippen LogP contribution in [0.4, 0.5) is 0 Å². The molecule has 146 valence electrons. The van der Waals surface area contributed by atoms with E-state index in [-0.39, 0.29) is 11.7 Å². The Hall–Kier alpha value is -2.24. The number of carbonyl (C=O) groups excluding carboxylic acids is 1. The van der Waals surface area contributed by atoms with E-state index in [9.17, 15) is 4.79 Å². The molecule has 0 bridgehead atoms. The SMILES string of the molecule is CCN(CC)CCCNC(=O)/C(=C\C=C\c1cc2cc(Cl)ccc2o1)OC. The minimum absolute atomic E-state index is 0.224. The molecular formula is C21H27ClN2O3. The largest absolute Gasteiger partial charge is 0.491 e. The summed E-state index contributed by atoms with van der Waals surface area (Å²) in [4.78, 5) is 14.5. The molecule has 5 nitrogen and oxygen atoms in total. The van der Waals surface area contributed by atoms with E-state index < -0.39 is 0 Å². The number of amides is 1. The molecule has 0 fully saturated rings. The van der Waals surface area contributed by atoms with Crippen molar-refractivity contribution in [3.63, 3.8) is 0 Å². The quantitative estimate of drug-likeness (QED) is 0.281. The van der Waals surface area contributed by atoms with E-state index in [0.29, 0.717) is 17.3 Å². The number of hydrogen-bond acceptors (Lipinski definition) is 4. The lowest BCUT2D eigenvalue weighted by Crippen LogP contribution is -2.30. The summed E-state index contributed by atoms with van der Waals surface area (Å²) in [6, 6.07) is 7.36. The molecule has 1 heterocycles. The summed E-state index contributed by atoms with van der Waals surface area (Å²) < 4.78 is 10.9. The topological polar surface area (TPSA) is 54.7 Å². The third-order valence-corrected chi connectivity index (χ3v) is 4.52. The van der Waals surface area contributed by atoms with E-state index >= 15 is 0 Å². The fraction of sp³-hybridized carbons (Fsp3) is 0.381. The maximum absolute atomic E-state index is 12.2. The van der Waals surface area contributed by atoms with Gasteiger partial charge in [0.15, 0.2) is 5.76 Å². The molecule has 0 aliphatic rings. The number of allylic oxidation sites excluding steroid dienone is 2. The fourth-order valence-corrected chi connectivity index (χ4v) is 2.90. The van der Waals surface area contributed by atoms with Crippen molar-refractivity contribution in [1.82, 2.24) is 10.2 Å². The first-order valence-electron chi connectivity index (χ1n) is 9.19. The molecule has 1 amide bonds. The molecule has 1 N–H and O–H groups in total. The number of halogens is 1. The zero-order chi connectivity index (χ0) is 19.6. The second-order valence-electron chi connectivity index (χ2n) is 6.06. The summed E-state index contributed by atoms with van der Waals surface area (Å²) in [6.45, 7) is 7.89. The number of hydrogen-bond donors (Lipinski definition) is 1. The minimum atomic E-state index is -0.224. The minimum Gasteiger partial charge on any atom is -0.491 e. The van der Waals surface area contributed by atoms with Gasteiger partial charge in [0.05, 0.1) is 7.11 Å². The first kappa shape index (κ1) is 21.1. The van der Waals surface area contributed by atoms with Crippen molar-refractivity contribution in [3.05, 3.63) is 53.0 Å². The van der Waals surface area contributed by atoms with E-state index in [1.807, 2.05) is 18.2 Å². The standard InChI is InChI=1S/C21H27ClN2O3/c1-4-24(5-2)13-7-12-23-21(25)20(26-3)9-6-8-18-15-16-14-17(22)10-11-19(16)27-18/h6,8-11,14-15H,4-5,7,12-13H2,1-3H3,(H,23,25)/b8-6+,20-9+. The molecular weight excluding hydrogens is 364 g/mol. The van der Waals surface area contributed by atoms with Crippen LogP contribution >= 0.6 is 11.6 Å². The van der Waals surface area contributed by atoms with E-state index in [4.69, 9.17) is 20.8 Å². The zero-order valence-electron chi connectivity index (χ0n) is 16.1.